The van der Waals surface area contributed by atoms with Gasteiger partial charge in [-0.2, -0.15) is 15.2 Å². The van der Waals surface area contributed by atoms with Gasteiger partial charge in [-0.3, -0.25) is 0 Å². The van der Waals surface area contributed by atoms with Gasteiger partial charge in [0.15, 0.2) is 11.4 Å². The fourth-order valence-electron chi connectivity index (χ4n) is 1.54. The van der Waals surface area contributed by atoms with Gasteiger partial charge in [0.05, 0.1) is 7.11 Å². The number of rotatable bonds is 5. The van der Waals surface area contributed by atoms with Crippen LogP contribution in [-0.4, -0.2) is 29.2 Å². The fraction of sp³-hybridized carbons (Fsp3) is 0.583. The summed E-state index contributed by atoms with van der Waals surface area (Å²) in [6.07, 6.45) is 2.28. The molecular weight excluding hydrogens is 230 g/mol. The Bertz CT molecular complexity index is 476. The molecule has 0 aliphatic heterocycles. The molecule has 6 heteroatoms. The lowest BCUT2D eigenvalue weighted by Gasteiger charge is -2.14. The van der Waals surface area contributed by atoms with Crippen molar-refractivity contribution in [2.24, 2.45) is 0 Å². The van der Waals surface area contributed by atoms with Gasteiger partial charge < -0.3 is 15.4 Å². The summed E-state index contributed by atoms with van der Waals surface area (Å²) in [6, 6.07) is 2.72. The third-order valence-corrected chi connectivity index (χ3v) is 2.52. The second kappa shape index (κ2) is 5.08. The van der Waals surface area contributed by atoms with Crippen LogP contribution in [0.15, 0.2) is 0 Å². The second-order valence-corrected chi connectivity index (χ2v) is 4.61. The topological polar surface area (TPSA) is 82.9 Å². The normalized spacial score (nSPS) is 14.2. The monoisotopic (exact) mass is 247 g/mol. The Balaban J connectivity index is 2.35. The first-order valence-corrected chi connectivity index (χ1v) is 6.03. The standard InChI is InChI=1S/C12H17N5O/c1-7(2)14-10-9(6-13)11(18-3)17-12(16-10)15-8-4-5-8/h7-8H,4-5H2,1-3H3,(H2,14,15,16,17). The van der Waals surface area contributed by atoms with Crippen LogP contribution < -0.4 is 15.4 Å². The molecule has 1 saturated carbocycles. The van der Waals surface area contributed by atoms with Gasteiger partial charge in [0.1, 0.15) is 6.07 Å². The van der Waals surface area contributed by atoms with Crippen molar-refractivity contribution >= 4 is 11.8 Å². The van der Waals surface area contributed by atoms with Gasteiger partial charge in [0.2, 0.25) is 11.8 Å². The molecule has 18 heavy (non-hydrogen) atoms. The molecule has 1 heterocycles. The van der Waals surface area contributed by atoms with Gasteiger partial charge in [-0.1, -0.05) is 0 Å². The van der Waals surface area contributed by atoms with Crippen LogP contribution in [0.2, 0.25) is 0 Å². The van der Waals surface area contributed by atoms with E-state index in [4.69, 9.17) is 10.00 Å². The highest BCUT2D eigenvalue weighted by Gasteiger charge is 2.24. The number of hydrogen-bond acceptors (Lipinski definition) is 6. The summed E-state index contributed by atoms with van der Waals surface area (Å²) >= 11 is 0. The minimum absolute atomic E-state index is 0.186. The zero-order chi connectivity index (χ0) is 13.1. The van der Waals surface area contributed by atoms with Crippen LogP contribution in [0.1, 0.15) is 32.3 Å². The van der Waals surface area contributed by atoms with Crippen molar-refractivity contribution in [1.29, 1.82) is 5.26 Å². The molecule has 1 fully saturated rings. The van der Waals surface area contributed by atoms with E-state index in [1.54, 1.807) is 0 Å². The maximum Gasteiger partial charge on any atom is 0.238 e. The summed E-state index contributed by atoms with van der Waals surface area (Å²) < 4.78 is 5.15. The van der Waals surface area contributed by atoms with Crippen LogP contribution >= 0.6 is 0 Å². The van der Waals surface area contributed by atoms with Crippen molar-refractivity contribution in [3.63, 3.8) is 0 Å². The summed E-state index contributed by atoms with van der Waals surface area (Å²) in [4.78, 5) is 8.54. The van der Waals surface area contributed by atoms with E-state index >= 15 is 0 Å². The molecule has 0 atom stereocenters. The number of nitriles is 1. The quantitative estimate of drug-likeness (QED) is 0.824. The lowest BCUT2D eigenvalue weighted by atomic mass is 10.3. The highest BCUT2D eigenvalue weighted by atomic mass is 16.5. The Morgan fingerprint density at radius 3 is 2.61 bits per heavy atom. The van der Waals surface area contributed by atoms with E-state index in [1.165, 1.54) is 7.11 Å². The van der Waals surface area contributed by atoms with Gasteiger partial charge in [-0.05, 0) is 26.7 Å². The van der Waals surface area contributed by atoms with E-state index < -0.39 is 0 Å². The highest BCUT2D eigenvalue weighted by Crippen LogP contribution is 2.28. The molecule has 0 aromatic carbocycles. The summed E-state index contributed by atoms with van der Waals surface area (Å²) in [5, 5.41) is 15.5. The van der Waals surface area contributed by atoms with Crippen molar-refractivity contribution < 1.29 is 4.74 Å². The van der Waals surface area contributed by atoms with Crippen molar-refractivity contribution in [2.75, 3.05) is 17.7 Å². The molecule has 2 rings (SSSR count). The highest BCUT2D eigenvalue weighted by molar-refractivity contribution is 5.60. The Hall–Kier alpha value is -2.03. The smallest absolute Gasteiger partial charge is 0.238 e. The summed E-state index contributed by atoms with van der Waals surface area (Å²) in [5.41, 5.74) is 0.340. The Labute approximate surface area is 106 Å². The molecule has 0 unspecified atom stereocenters. The van der Waals surface area contributed by atoms with Gasteiger partial charge in [-0.15, -0.1) is 0 Å². The molecule has 1 aliphatic carbocycles. The number of aromatic nitrogens is 2. The van der Waals surface area contributed by atoms with E-state index in [0.29, 0.717) is 29.3 Å². The molecule has 0 amide bonds. The van der Waals surface area contributed by atoms with Gasteiger partial charge in [-0.25, -0.2) is 0 Å². The minimum Gasteiger partial charge on any atom is -0.480 e. The number of anilines is 2. The van der Waals surface area contributed by atoms with Crippen LogP contribution in [-0.2, 0) is 0 Å². The fourth-order valence-corrected chi connectivity index (χ4v) is 1.54. The molecule has 1 aromatic rings. The SMILES string of the molecule is COc1nc(NC2CC2)nc(NC(C)C)c1C#N. The number of nitrogens with zero attached hydrogens (tertiary/aromatic N) is 3. The number of hydrogen-bond donors (Lipinski definition) is 2. The lowest BCUT2D eigenvalue weighted by Crippen LogP contribution is -2.15. The Morgan fingerprint density at radius 1 is 1.39 bits per heavy atom. The van der Waals surface area contributed by atoms with E-state index in [2.05, 4.69) is 26.7 Å². The van der Waals surface area contributed by atoms with E-state index in [-0.39, 0.29) is 6.04 Å². The summed E-state index contributed by atoms with van der Waals surface area (Å²) in [5.74, 6) is 1.33. The predicted molar refractivity (Wildman–Crippen MR) is 68.7 cm³/mol. The van der Waals surface area contributed by atoms with E-state index in [0.717, 1.165) is 12.8 Å². The average molecular weight is 247 g/mol. The van der Waals surface area contributed by atoms with Crippen LogP contribution in [0.3, 0.4) is 0 Å². The number of ether oxygens (including phenoxy) is 1. The third kappa shape index (κ3) is 2.80. The lowest BCUT2D eigenvalue weighted by molar-refractivity contribution is 0.396. The molecule has 2 N–H and O–H groups in total. The Morgan fingerprint density at radius 2 is 2.11 bits per heavy atom. The first-order valence-electron chi connectivity index (χ1n) is 6.03. The molecule has 1 aromatic heterocycles. The van der Waals surface area contributed by atoms with Gasteiger partial charge >= 0.3 is 0 Å². The predicted octanol–water partition coefficient (Wildman–Crippen LogP) is 1.75. The minimum atomic E-state index is 0.186. The van der Waals surface area contributed by atoms with Crippen LogP contribution in [0, 0.1) is 11.3 Å². The van der Waals surface area contributed by atoms with Gasteiger partial charge in [0.25, 0.3) is 0 Å². The first-order chi connectivity index (χ1) is 8.63. The second-order valence-electron chi connectivity index (χ2n) is 4.61. The van der Waals surface area contributed by atoms with Crippen molar-refractivity contribution in [2.45, 2.75) is 38.8 Å². The molecule has 0 bridgehead atoms. The van der Waals surface area contributed by atoms with Crippen molar-refractivity contribution in [1.82, 2.24) is 9.97 Å². The first kappa shape index (κ1) is 12.4. The zero-order valence-corrected chi connectivity index (χ0v) is 10.8. The van der Waals surface area contributed by atoms with Crippen molar-refractivity contribution in [3.05, 3.63) is 5.56 Å². The summed E-state index contributed by atoms with van der Waals surface area (Å²) in [6.45, 7) is 3.98. The average Bonchev–Trinajstić information content (AvgIpc) is 3.11. The maximum atomic E-state index is 9.16. The maximum absolute atomic E-state index is 9.16. The molecular formula is C12H17N5O. The third-order valence-electron chi connectivity index (χ3n) is 2.52. The Kier molecular flexibility index (Phi) is 3.51. The number of methoxy groups -OCH3 is 1. The van der Waals surface area contributed by atoms with Crippen molar-refractivity contribution in [3.8, 4) is 11.9 Å². The van der Waals surface area contributed by atoms with Crippen LogP contribution in [0.5, 0.6) is 5.88 Å². The van der Waals surface area contributed by atoms with E-state index in [9.17, 15) is 0 Å². The molecule has 0 spiro atoms. The van der Waals surface area contributed by atoms with Crippen LogP contribution in [0.4, 0.5) is 11.8 Å². The molecule has 1 aliphatic rings. The van der Waals surface area contributed by atoms with Crippen LogP contribution in [0.25, 0.3) is 0 Å². The number of nitrogens with one attached hydrogen (secondary N) is 2. The molecule has 96 valence electrons. The molecule has 0 saturated heterocycles. The molecule has 0 radical (unpaired) electrons. The largest absolute Gasteiger partial charge is 0.480 e. The zero-order valence-electron chi connectivity index (χ0n) is 10.8. The van der Waals surface area contributed by atoms with Gasteiger partial charge in [0, 0.05) is 12.1 Å². The van der Waals surface area contributed by atoms with E-state index in [1.807, 2.05) is 13.8 Å². The molecule has 6 nitrogen and oxygen atoms in total. The summed E-state index contributed by atoms with van der Waals surface area (Å²) in [7, 11) is 1.50.